The van der Waals surface area contributed by atoms with Crippen molar-refractivity contribution in [3.63, 3.8) is 0 Å². The standard InChI is InChI=1S/C25H19BrClN/c1-18-16-24(14-15-25(18)26)28(23-9-5-8-21(27)17-23)22-12-10-20(11-13-22)19-6-3-2-4-7-19/h2-17H,1H3. The van der Waals surface area contributed by atoms with Gasteiger partial charge >= 0.3 is 0 Å². The lowest BCUT2D eigenvalue weighted by Gasteiger charge is -2.26. The number of anilines is 3. The van der Waals surface area contributed by atoms with E-state index < -0.39 is 0 Å². The van der Waals surface area contributed by atoms with Crippen molar-refractivity contribution in [2.24, 2.45) is 0 Å². The molecule has 0 aromatic heterocycles. The summed E-state index contributed by atoms with van der Waals surface area (Å²) in [5.41, 5.74) is 6.80. The number of benzene rings is 4. The monoisotopic (exact) mass is 447 g/mol. The largest absolute Gasteiger partial charge is 0.310 e. The summed E-state index contributed by atoms with van der Waals surface area (Å²) in [5, 5.41) is 0.720. The zero-order chi connectivity index (χ0) is 19.5. The first-order valence-electron chi connectivity index (χ1n) is 9.09. The van der Waals surface area contributed by atoms with E-state index in [9.17, 15) is 0 Å². The number of nitrogens with zero attached hydrogens (tertiary/aromatic N) is 1. The van der Waals surface area contributed by atoms with E-state index in [1.165, 1.54) is 16.7 Å². The summed E-state index contributed by atoms with van der Waals surface area (Å²) in [4.78, 5) is 2.22. The van der Waals surface area contributed by atoms with Gasteiger partial charge in [0, 0.05) is 26.6 Å². The van der Waals surface area contributed by atoms with Gasteiger partial charge in [0.1, 0.15) is 0 Å². The molecule has 0 bridgehead atoms. The maximum atomic E-state index is 6.29. The quantitative estimate of drug-likeness (QED) is 0.302. The molecule has 0 aliphatic carbocycles. The maximum Gasteiger partial charge on any atom is 0.0476 e. The number of aryl methyl sites for hydroxylation is 1. The Kier molecular flexibility index (Phi) is 5.52. The van der Waals surface area contributed by atoms with Gasteiger partial charge in [-0.2, -0.15) is 0 Å². The van der Waals surface area contributed by atoms with Crippen LogP contribution >= 0.6 is 27.5 Å². The molecule has 0 unspecified atom stereocenters. The van der Waals surface area contributed by atoms with E-state index in [0.717, 1.165) is 26.6 Å². The van der Waals surface area contributed by atoms with Crippen molar-refractivity contribution in [2.45, 2.75) is 6.92 Å². The van der Waals surface area contributed by atoms with Crippen molar-refractivity contribution in [1.29, 1.82) is 0 Å². The summed E-state index contributed by atoms with van der Waals surface area (Å²) < 4.78 is 1.10. The number of hydrogen-bond donors (Lipinski definition) is 0. The zero-order valence-electron chi connectivity index (χ0n) is 15.4. The van der Waals surface area contributed by atoms with Gasteiger partial charge in [-0.05, 0) is 72.1 Å². The van der Waals surface area contributed by atoms with E-state index in [0.29, 0.717) is 0 Å². The minimum Gasteiger partial charge on any atom is -0.310 e. The topological polar surface area (TPSA) is 3.24 Å². The highest BCUT2D eigenvalue weighted by Crippen LogP contribution is 2.37. The van der Waals surface area contributed by atoms with Crippen LogP contribution in [0.1, 0.15) is 5.56 Å². The van der Waals surface area contributed by atoms with E-state index in [4.69, 9.17) is 11.6 Å². The van der Waals surface area contributed by atoms with Gasteiger partial charge in [0.05, 0.1) is 0 Å². The highest BCUT2D eigenvalue weighted by Gasteiger charge is 2.14. The summed E-state index contributed by atoms with van der Waals surface area (Å²) >= 11 is 9.89. The van der Waals surface area contributed by atoms with Gasteiger partial charge < -0.3 is 4.90 Å². The van der Waals surface area contributed by atoms with Gasteiger partial charge in [-0.1, -0.05) is 76.1 Å². The van der Waals surface area contributed by atoms with E-state index in [1.54, 1.807) is 0 Å². The fourth-order valence-electron chi connectivity index (χ4n) is 3.26. The van der Waals surface area contributed by atoms with Crippen LogP contribution in [0.3, 0.4) is 0 Å². The Morgan fingerprint density at radius 2 is 1.29 bits per heavy atom. The van der Waals surface area contributed by atoms with Crippen LogP contribution in [0, 0.1) is 6.92 Å². The molecule has 4 aromatic carbocycles. The molecule has 28 heavy (non-hydrogen) atoms. The van der Waals surface area contributed by atoms with Gasteiger partial charge in [0.2, 0.25) is 0 Å². The molecule has 0 aliphatic heterocycles. The summed E-state index contributed by atoms with van der Waals surface area (Å²) in [5.74, 6) is 0. The normalized spacial score (nSPS) is 10.7. The van der Waals surface area contributed by atoms with E-state index >= 15 is 0 Å². The average molecular weight is 449 g/mol. The van der Waals surface area contributed by atoms with Gasteiger partial charge in [-0.15, -0.1) is 0 Å². The molecular formula is C25H19BrClN. The Hall–Kier alpha value is -2.55. The van der Waals surface area contributed by atoms with Crippen LogP contribution in [0.5, 0.6) is 0 Å². The summed E-state index contributed by atoms with van der Waals surface area (Å²) in [6, 6.07) is 33.4. The lowest BCUT2D eigenvalue weighted by Crippen LogP contribution is -2.10. The summed E-state index contributed by atoms with van der Waals surface area (Å²) in [6.45, 7) is 2.10. The smallest absolute Gasteiger partial charge is 0.0476 e. The third kappa shape index (κ3) is 3.99. The molecule has 0 spiro atoms. The van der Waals surface area contributed by atoms with Crippen molar-refractivity contribution >= 4 is 44.6 Å². The highest BCUT2D eigenvalue weighted by atomic mass is 79.9. The van der Waals surface area contributed by atoms with Crippen LogP contribution in [0.2, 0.25) is 5.02 Å². The second-order valence-corrected chi connectivity index (χ2v) is 7.95. The lowest BCUT2D eigenvalue weighted by atomic mass is 10.0. The van der Waals surface area contributed by atoms with E-state index in [2.05, 4.69) is 101 Å². The Morgan fingerprint density at radius 1 is 0.643 bits per heavy atom. The Morgan fingerprint density at radius 3 is 1.96 bits per heavy atom. The van der Waals surface area contributed by atoms with E-state index in [1.807, 2.05) is 24.3 Å². The average Bonchev–Trinajstić information content (AvgIpc) is 2.72. The molecule has 4 aromatic rings. The molecule has 3 heteroatoms. The van der Waals surface area contributed by atoms with Crippen LogP contribution in [0.25, 0.3) is 11.1 Å². The molecule has 0 atom stereocenters. The molecule has 0 amide bonds. The minimum absolute atomic E-state index is 0.720. The van der Waals surface area contributed by atoms with Crippen LogP contribution in [0.4, 0.5) is 17.1 Å². The number of hydrogen-bond acceptors (Lipinski definition) is 1. The molecule has 0 saturated carbocycles. The first-order chi connectivity index (χ1) is 13.6. The number of halogens is 2. The van der Waals surface area contributed by atoms with E-state index in [-0.39, 0.29) is 0 Å². The molecule has 4 rings (SSSR count). The first kappa shape index (κ1) is 18.8. The Bertz CT molecular complexity index is 1090. The SMILES string of the molecule is Cc1cc(N(c2ccc(-c3ccccc3)cc2)c2cccc(Cl)c2)ccc1Br. The third-order valence-corrected chi connectivity index (χ3v) is 5.82. The second-order valence-electron chi connectivity index (χ2n) is 6.66. The van der Waals surface area contributed by atoms with Crippen LogP contribution in [-0.4, -0.2) is 0 Å². The van der Waals surface area contributed by atoms with Crippen molar-refractivity contribution in [1.82, 2.24) is 0 Å². The minimum atomic E-state index is 0.720. The highest BCUT2D eigenvalue weighted by molar-refractivity contribution is 9.10. The lowest BCUT2D eigenvalue weighted by molar-refractivity contribution is 1.26. The van der Waals surface area contributed by atoms with Crippen LogP contribution in [-0.2, 0) is 0 Å². The fraction of sp³-hybridized carbons (Fsp3) is 0.0400. The molecule has 0 heterocycles. The van der Waals surface area contributed by atoms with Gasteiger partial charge in [-0.3, -0.25) is 0 Å². The summed E-state index contributed by atoms with van der Waals surface area (Å²) in [7, 11) is 0. The zero-order valence-corrected chi connectivity index (χ0v) is 17.8. The second kappa shape index (κ2) is 8.22. The number of rotatable bonds is 4. The van der Waals surface area contributed by atoms with Crippen molar-refractivity contribution in [3.8, 4) is 11.1 Å². The van der Waals surface area contributed by atoms with Crippen molar-refractivity contribution in [2.75, 3.05) is 4.90 Å². The fourth-order valence-corrected chi connectivity index (χ4v) is 3.70. The van der Waals surface area contributed by atoms with Crippen LogP contribution in [0.15, 0.2) is 102 Å². The summed E-state index contributed by atoms with van der Waals surface area (Å²) in [6.07, 6.45) is 0. The van der Waals surface area contributed by atoms with Gasteiger partial charge in [0.15, 0.2) is 0 Å². The van der Waals surface area contributed by atoms with Gasteiger partial charge in [-0.25, -0.2) is 0 Å². The maximum absolute atomic E-state index is 6.29. The third-order valence-electron chi connectivity index (χ3n) is 4.70. The molecule has 0 N–H and O–H groups in total. The predicted octanol–water partition coefficient (Wildman–Crippen LogP) is 8.55. The molecule has 0 fully saturated rings. The molecule has 0 saturated heterocycles. The molecule has 0 radical (unpaired) electrons. The van der Waals surface area contributed by atoms with Crippen molar-refractivity contribution in [3.05, 3.63) is 112 Å². The Labute approximate surface area is 179 Å². The first-order valence-corrected chi connectivity index (χ1v) is 10.3. The molecule has 0 aliphatic rings. The van der Waals surface area contributed by atoms with Crippen molar-refractivity contribution < 1.29 is 0 Å². The van der Waals surface area contributed by atoms with Crippen LogP contribution < -0.4 is 4.90 Å². The molecule has 138 valence electrons. The predicted molar refractivity (Wildman–Crippen MR) is 124 cm³/mol. The van der Waals surface area contributed by atoms with Gasteiger partial charge in [0.25, 0.3) is 0 Å². The Balaban J connectivity index is 1.80. The molecule has 1 nitrogen and oxygen atoms in total. The molecular weight excluding hydrogens is 430 g/mol.